The summed E-state index contributed by atoms with van der Waals surface area (Å²) in [7, 11) is 0. The molecule has 72 valence electrons. The minimum atomic E-state index is -1.14. The Kier molecular flexibility index (Phi) is 2.95. The second-order valence-electron chi connectivity index (χ2n) is 2.87. The number of aryl methyl sites for hydroxylation is 1. The third-order valence-electron chi connectivity index (χ3n) is 1.86. The summed E-state index contributed by atoms with van der Waals surface area (Å²) in [4.78, 5) is 0. The maximum Gasteiger partial charge on any atom is 0.129 e. The number of benzene rings is 1. The van der Waals surface area contributed by atoms with Gasteiger partial charge in [-0.25, -0.2) is 8.78 Å². The molecule has 1 aromatic rings. The van der Waals surface area contributed by atoms with Crippen LogP contribution in [0.1, 0.15) is 17.2 Å². The van der Waals surface area contributed by atoms with Gasteiger partial charge in [-0.05, 0) is 24.6 Å². The molecule has 2 nitrogen and oxygen atoms in total. The van der Waals surface area contributed by atoms with Crippen molar-refractivity contribution in [3.05, 3.63) is 34.9 Å². The highest BCUT2D eigenvalue weighted by atomic mass is 19.1. The molecule has 0 bridgehead atoms. The van der Waals surface area contributed by atoms with Crippen LogP contribution in [-0.4, -0.2) is 11.7 Å². The van der Waals surface area contributed by atoms with E-state index in [0.29, 0.717) is 0 Å². The predicted octanol–water partition coefficient (Wildman–Crippen LogP) is 1.27. The van der Waals surface area contributed by atoms with E-state index in [4.69, 9.17) is 5.73 Å². The Labute approximate surface area is 75.0 Å². The molecule has 0 aliphatic heterocycles. The lowest BCUT2D eigenvalue weighted by Gasteiger charge is -2.10. The zero-order valence-electron chi connectivity index (χ0n) is 7.22. The summed E-state index contributed by atoms with van der Waals surface area (Å²) in [5, 5.41) is 9.19. The molecule has 1 rings (SSSR count). The van der Waals surface area contributed by atoms with Crippen LogP contribution in [0.4, 0.5) is 8.78 Å². The van der Waals surface area contributed by atoms with Crippen LogP contribution in [0.15, 0.2) is 12.1 Å². The van der Waals surface area contributed by atoms with Crippen molar-refractivity contribution in [3.8, 4) is 0 Å². The Hall–Kier alpha value is -1.00. The summed E-state index contributed by atoms with van der Waals surface area (Å²) in [6.07, 6.45) is -1.14. The van der Waals surface area contributed by atoms with E-state index in [1.54, 1.807) is 0 Å². The molecule has 0 amide bonds. The number of rotatable bonds is 2. The first-order chi connectivity index (χ1) is 6.06. The normalized spacial score (nSPS) is 13.0. The molecule has 0 aromatic heterocycles. The second-order valence-corrected chi connectivity index (χ2v) is 2.87. The molecule has 0 radical (unpaired) electrons. The number of nitrogens with two attached hydrogens (primary N) is 1. The SMILES string of the molecule is Cc1cc(F)c([C@@H](O)CN)cc1F. The van der Waals surface area contributed by atoms with Crippen LogP contribution >= 0.6 is 0 Å². The van der Waals surface area contributed by atoms with Crippen LogP contribution in [0.2, 0.25) is 0 Å². The van der Waals surface area contributed by atoms with Gasteiger partial charge in [-0.15, -0.1) is 0 Å². The molecule has 1 aromatic carbocycles. The van der Waals surface area contributed by atoms with Crippen molar-refractivity contribution in [2.75, 3.05) is 6.54 Å². The quantitative estimate of drug-likeness (QED) is 0.732. The maximum absolute atomic E-state index is 13.1. The third kappa shape index (κ3) is 2.02. The van der Waals surface area contributed by atoms with Crippen molar-refractivity contribution in [1.82, 2.24) is 0 Å². The lowest BCUT2D eigenvalue weighted by Crippen LogP contribution is -2.13. The van der Waals surface area contributed by atoms with Crippen molar-refractivity contribution < 1.29 is 13.9 Å². The van der Waals surface area contributed by atoms with Gasteiger partial charge >= 0.3 is 0 Å². The van der Waals surface area contributed by atoms with E-state index >= 15 is 0 Å². The minimum Gasteiger partial charge on any atom is -0.387 e. The Morgan fingerprint density at radius 3 is 2.54 bits per heavy atom. The molecule has 0 saturated heterocycles. The van der Waals surface area contributed by atoms with Gasteiger partial charge in [0, 0.05) is 12.1 Å². The zero-order chi connectivity index (χ0) is 10.0. The Balaban J connectivity index is 3.15. The largest absolute Gasteiger partial charge is 0.387 e. The molecular formula is C9H11F2NO. The number of aliphatic hydroxyl groups excluding tert-OH is 1. The number of hydrogen-bond acceptors (Lipinski definition) is 2. The first-order valence-electron chi connectivity index (χ1n) is 3.90. The zero-order valence-corrected chi connectivity index (χ0v) is 7.22. The lowest BCUT2D eigenvalue weighted by molar-refractivity contribution is 0.181. The molecule has 4 heteroatoms. The summed E-state index contributed by atoms with van der Waals surface area (Å²) in [5.41, 5.74) is 5.24. The topological polar surface area (TPSA) is 46.2 Å². The van der Waals surface area contributed by atoms with Crippen LogP contribution in [0.25, 0.3) is 0 Å². The molecule has 1 atom stereocenters. The fourth-order valence-electron chi connectivity index (χ4n) is 1.04. The average molecular weight is 187 g/mol. The van der Waals surface area contributed by atoms with Crippen molar-refractivity contribution >= 4 is 0 Å². The van der Waals surface area contributed by atoms with Crippen molar-refractivity contribution in [2.24, 2.45) is 5.73 Å². The lowest BCUT2D eigenvalue weighted by atomic mass is 10.1. The molecule has 0 saturated carbocycles. The summed E-state index contributed by atoms with van der Waals surface area (Å²) in [6.45, 7) is 1.33. The van der Waals surface area contributed by atoms with Gasteiger partial charge in [-0.1, -0.05) is 0 Å². The van der Waals surface area contributed by atoms with Gasteiger partial charge in [0.25, 0.3) is 0 Å². The van der Waals surface area contributed by atoms with Crippen molar-refractivity contribution in [2.45, 2.75) is 13.0 Å². The molecule has 0 spiro atoms. The standard InChI is InChI=1S/C9H11F2NO/c1-5-2-8(11)6(3-7(5)10)9(13)4-12/h2-3,9,13H,4,12H2,1H3/t9-/m0/s1. The highest BCUT2D eigenvalue weighted by molar-refractivity contribution is 5.26. The summed E-state index contributed by atoms with van der Waals surface area (Å²) >= 11 is 0. The van der Waals surface area contributed by atoms with Gasteiger partial charge in [0.2, 0.25) is 0 Å². The fourth-order valence-corrected chi connectivity index (χ4v) is 1.04. The summed E-state index contributed by atoms with van der Waals surface area (Å²) in [5.74, 6) is -1.17. The fraction of sp³-hybridized carbons (Fsp3) is 0.333. The predicted molar refractivity (Wildman–Crippen MR) is 45.1 cm³/mol. The van der Waals surface area contributed by atoms with Crippen LogP contribution in [-0.2, 0) is 0 Å². The highest BCUT2D eigenvalue weighted by Crippen LogP contribution is 2.19. The maximum atomic E-state index is 13.1. The van der Waals surface area contributed by atoms with Crippen molar-refractivity contribution in [3.63, 3.8) is 0 Å². The Bertz CT molecular complexity index is 315. The van der Waals surface area contributed by atoms with E-state index in [0.717, 1.165) is 12.1 Å². The van der Waals surface area contributed by atoms with Gasteiger partial charge in [0.15, 0.2) is 0 Å². The molecular weight excluding hydrogens is 176 g/mol. The monoisotopic (exact) mass is 187 g/mol. The van der Waals surface area contributed by atoms with Crippen LogP contribution in [0.5, 0.6) is 0 Å². The van der Waals surface area contributed by atoms with Gasteiger partial charge in [0.1, 0.15) is 11.6 Å². The van der Waals surface area contributed by atoms with E-state index in [9.17, 15) is 13.9 Å². The van der Waals surface area contributed by atoms with Crippen LogP contribution < -0.4 is 5.73 Å². The van der Waals surface area contributed by atoms with E-state index in [1.165, 1.54) is 6.92 Å². The van der Waals surface area contributed by atoms with E-state index < -0.39 is 17.7 Å². The average Bonchev–Trinajstić information content (AvgIpc) is 2.10. The first kappa shape index (κ1) is 10.1. The summed E-state index contributed by atoms with van der Waals surface area (Å²) < 4.78 is 26.0. The van der Waals surface area contributed by atoms with Crippen LogP contribution in [0, 0.1) is 18.6 Å². The van der Waals surface area contributed by atoms with Crippen molar-refractivity contribution in [1.29, 1.82) is 0 Å². The molecule has 0 heterocycles. The number of halogens is 2. The second kappa shape index (κ2) is 3.81. The molecule has 0 fully saturated rings. The Morgan fingerprint density at radius 1 is 1.38 bits per heavy atom. The first-order valence-corrected chi connectivity index (χ1v) is 3.90. The molecule has 0 unspecified atom stereocenters. The molecule has 0 aliphatic carbocycles. The Morgan fingerprint density at radius 2 is 2.00 bits per heavy atom. The van der Waals surface area contributed by atoms with E-state index in [1.807, 2.05) is 0 Å². The van der Waals surface area contributed by atoms with Gasteiger partial charge in [0.05, 0.1) is 6.10 Å². The van der Waals surface area contributed by atoms with Gasteiger partial charge in [-0.2, -0.15) is 0 Å². The van der Waals surface area contributed by atoms with Gasteiger partial charge < -0.3 is 10.8 Å². The highest BCUT2D eigenvalue weighted by Gasteiger charge is 2.13. The number of aliphatic hydroxyl groups is 1. The smallest absolute Gasteiger partial charge is 0.129 e. The summed E-state index contributed by atoms with van der Waals surface area (Å²) in [6, 6.07) is 2.02. The third-order valence-corrected chi connectivity index (χ3v) is 1.86. The van der Waals surface area contributed by atoms with Gasteiger partial charge in [-0.3, -0.25) is 0 Å². The molecule has 3 N–H and O–H groups in total. The number of hydrogen-bond donors (Lipinski definition) is 2. The molecule has 0 aliphatic rings. The minimum absolute atomic E-state index is 0.0920. The molecule has 13 heavy (non-hydrogen) atoms. The van der Waals surface area contributed by atoms with Crippen LogP contribution in [0.3, 0.4) is 0 Å². The van der Waals surface area contributed by atoms with E-state index in [-0.39, 0.29) is 17.7 Å². The van der Waals surface area contributed by atoms with E-state index in [2.05, 4.69) is 0 Å².